The van der Waals surface area contributed by atoms with Gasteiger partial charge in [0, 0.05) is 21.3 Å². The van der Waals surface area contributed by atoms with Gasteiger partial charge in [-0.1, -0.05) is 103 Å². The fourth-order valence-corrected chi connectivity index (χ4v) is 8.92. The molecule has 60 heavy (non-hydrogen) atoms. The number of methoxy groups -OCH3 is 3. The Bertz CT molecular complexity index is 1130. The minimum absolute atomic E-state index is 0.0188. The van der Waals surface area contributed by atoms with Crippen molar-refractivity contribution in [1.29, 1.82) is 0 Å². The quantitative estimate of drug-likeness (QED) is 0.0342. The van der Waals surface area contributed by atoms with Gasteiger partial charge in [-0.3, -0.25) is 4.79 Å². The van der Waals surface area contributed by atoms with E-state index in [0.717, 1.165) is 96.3 Å². The third kappa shape index (κ3) is 19.8. The highest BCUT2D eigenvalue weighted by Crippen LogP contribution is 2.36. The molecule has 0 bridgehead atoms. The maximum atomic E-state index is 12.7. The van der Waals surface area contributed by atoms with Crippen LogP contribution in [-0.2, 0) is 57.0 Å². The number of esters is 2. The summed E-state index contributed by atoms with van der Waals surface area (Å²) in [7, 11) is 4.92. The second-order valence-corrected chi connectivity index (χ2v) is 17.0. The van der Waals surface area contributed by atoms with E-state index in [1.54, 1.807) is 21.3 Å². The van der Waals surface area contributed by atoms with E-state index in [-0.39, 0.29) is 63.1 Å². The molecule has 0 spiro atoms. The number of rotatable bonds is 35. The predicted molar refractivity (Wildman–Crippen MR) is 219 cm³/mol. The van der Waals surface area contributed by atoms with Crippen LogP contribution in [0.1, 0.15) is 168 Å². The first-order chi connectivity index (χ1) is 29.0. The number of halogens is 3. The molecule has 352 valence electrons. The summed E-state index contributed by atoms with van der Waals surface area (Å²) in [5, 5.41) is 0. The van der Waals surface area contributed by atoms with Crippen molar-refractivity contribution in [2.45, 2.75) is 229 Å². The monoisotopic (exact) mass is 869 g/mol. The molecule has 3 saturated heterocycles. The molecule has 10 atom stereocenters. The molecule has 3 aliphatic heterocycles. The summed E-state index contributed by atoms with van der Waals surface area (Å²) in [5.41, 5.74) is 0. The van der Waals surface area contributed by atoms with Gasteiger partial charge in [0.1, 0.15) is 26.5 Å². The molecule has 3 rings (SSSR count). The lowest BCUT2D eigenvalue weighted by atomic mass is 9.94. The van der Waals surface area contributed by atoms with Gasteiger partial charge in [-0.25, -0.2) is 4.79 Å². The Morgan fingerprint density at radius 3 is 1.62 bits per heavy atom. The van der Waals surface area contributed by atoms with E-state index < -0.39 is 36.2 Å². The van der Waals surface area contributed by atoms with Crippen LogP contribution < -0.4 is 0 Å². The van der Waals surface area contributed by atoms with Crippen LogP contribution in [0, 0.1) is 5.92 Å². The van der Waals surface area contributed by atoms with Gasteiger partial charge in [0.25, 0.3) is 0 Å². The SMILES string of the molecule is CCCCCCCCCC[C@@H](OCOC)[C@H]1CC[C@H]([C@H]2CC[C@H]([C@@H](CCCC[C@H](CCCCCCCC3C(=O)O[C@@H](C)C3OC(=O)C(F)(F)F)OCOC)OCOC)O2)O1. The van der Waals surface area contributed by atoms with Crippen molar-refractivity contribution in [3.63, 3.8) is 0 Å². The number of cyclic esters (lactones) is 1. The van der Waals surface area contributed by atoms with Crippen LogP contribution in [0.25, 0.3) is 0 Å². The van der Waals surface area contributed by atoms with Crippen LogP contribution in [0.5, 0.6) is 0 Å². The number of unbranched alkanes of at least 4 members (excludes halogenated alkanes) is 12. The largest absolute Gasteiger partial charge is 0.490 e. The molecule has 3 heterocycles. The van der Waals surface area contributed by atoms with Gasteiger partial charge < -0.3 is 47.4 Å². The first-order valence-corrected chi connectivity index (χ1v) is 23.1. The van der Waals surface area contributed by atoms with E-state index in [9.17, 15) is 22.8 Å². The van der Waals surface area contributed by atoms with Crippen LogP contribution in [0.2, 0.25) is 0 Å². The summed E-state index contributed by atoms with van der Waals surface area (Å²) in [4.78, 5) is 23.6. The zero-order valence-corrected chi connectivity index (χ0v) is 37.4. The molecule has 0 amide bonds. The number of hydrogen-bond donors (Lipinski definition) is 0. The van der Waals surface area contributed by atoms with Crippen LogP contribution in [0.3, 0.4) is 0 Å². The Hall–Kier alpha value is -1.59. The summed E-state index contributed by atoms with van der Waals surface area (Å²) in [6.45, 7) is 4.41. The minimum Gasteiger partial charge on any atom is -0.458 e. The third-order valence-corrected chi connectivity index (χ3v) is 12.2. The molecule has 2 unspecified atom stereocenters. The predicted octanol–water partition coefficient (Wildman–Crippen LogP) is 9.91. The molecule has 0 N–H and O–H groups in total. The average Bonchev–Trinajstić information content (AvgIpc) is 3.97. The lowest BCUT2D eigenvalue weighted by Crippen LogP contribution is -2.36. The van der Waals surface area contributed by atoms with Crippen molar-refractivity contribution >= 4 is 11.9 Å². The highest BCUT2D eigenvalue weighted by molar-refractivity contribution is 5.79. The van der Waals surface area contributed by atoms with Crippen LogP contribution >= 0.6 is 0 Å². The molecule has 0 aromatic heterocycles. The Labute approximate surface area is 358 Å². The van der Waals surface area contributed by atoms with E-state index in [1.807, 2.05) is 0 Å². The Morgan fingerprint density at radius 2 is 1.10 bits per heavy atom. The molecular formula is C45H79F3O12. The van der Waals surface area contributed by atoms with Gasteiger partial charge in [-0.2, -0.15) is 13.2 Å². The molecule has 0 saturated carbocycles. The van der Waals surface area contributed by atoms with E-state index in [2.05, 4.69) is 11.7 Å². The first-order valence-electron chi connectivity index (χ1n) is 23.1. The Kier molecular flexibility index (Phi) is 26.8. The summed E-state index contributed by atoms with van der Waals surface area (Å²) in [5.74, 6) is -3.80. The van der Waals surface area contributed by atoms with Crippen molar-refractivity contribution in [3.05, 3.63) is 0 Å². The van der Waals surface area contributed by atoms with Crippen LogP contribution in [0.15, 0.2) is 0 Å². The van der Waals surface area contributed by atoms with Gasteiger partial charge >= 0.3 is 18.1 Å². The van der Waals surface area contributed by atoms with Crippen molar-refractivity contribution in [1.82, 2.24) is 0 Å². The summed E-state index contributed by atoms with van der Waals surface area (Å²) in [6.07, 6.45) is 16.9. The average molecular weight is 869 g/mol. The molecule has 15 heteroatoms. The van der Waals surface area contributed by atoms with Gasteiger partial charge in [0.2, 0.25) is 0 Å². The Balaban J connectivity index is 1.35. The topological polar surface area (TPSA) is 126 Å². The molecule has 0 radical (unpaired) electrons. The second kappa shape index (κ2) is 30.5. The smallest absolute Gasteiger partial charge is 0.458 e. The van der Waals surface area contributed by atoms with Crippen molar-refractivity contribution < 1.29 is 70.1 Å². The highest BCUT2D eigenvalue weighted by Gasteiger charge is 2.50. The van der Waals surface area contributed by atoms with Gasteiger partial charge in [-0.05, 0) is 64.7 Å². The lowest BCUT2D eigenvalue weighted by molar-refractivity contribution is -0.208. The lowest BCUT2D eigenvalue weighted by Gasteiger charge is -2.27. The molecule has 12 nitrogen and oxygen atoms in total. The molecule has 0 aromatic carbocycles. The Morgan fingerprint density at radius 1 is 0.650 bits per heavy atom. The molecule has 0 aromatic rings. The highest BCUT2D eigenvalue weighted by atomic mass is 19.4. The van der Waals surface area contributed by atoms with Crippen LogP contribution in [0.4, 0.5) is 13.2 Å². The summed E-state index contributed by atoms with van der Waals surface area (Å²) >= 11 is 0. The second-order valence-electron chi connectivity index (χ2n) is 17.0. The summed E-state index contributed by atoms with van der Waals surface area (Å²) < 4.78 is 95.4. The number of carbonyl (C=O) groups excluding carboxylic acids is 2. The van der Waals surface area contributed by atoms with Crippen molar-refractivity contribution in [3.8, 4) is 0 Å². The fourth-order valence-electron chi connectivity index (χ4n) is 8.92. The zero-order chi connectivity index (χ0) is 43.6. The van der Waals surface area contributed by atoms with Crippen molar-refractivity contribution in [2.75, 3.05) is 41.7 Å². The standard InChI is InChI=1S/C45H79F3O12/c1-6-7-8-9-10-11-15-18-24-36(55-31-52-4)38-26-28-40(58-38)41-29-27-39(59-41)37(56-32-53-5)25-20-19-22-34(54-30-51-3)21-16-13-12-14-17-23-35-42(33(2)57-43(35)49)60-44(50)45(46,47)48/h33-42H,6-32H2,1-5H3/t33-,34-,35?,36+,37+,38+,39+,40+,41+,42?/m0/s1. The first kappa shape index (κ1) is 52.8. The summed E-state index contributed by atoms with van der Waals surface area (Å²) in [6, 6.07) is 0. The third-order valence-electron chi connectivity index (χ3n) is 12.2. The van der Waals surface area contributed by atoms with Crippen LogP contribution in [-0.4, -0.2) is 115 Å². The van der Waals surface area contributed by atoms with Gasteiger partial charge in [0.15, 0.2) is 6.10 Å². The molecule has 0 aliphatic carbocycles. The normalized spacial score (nSPS) is 26.1. The van der Waals surface area contributed by atoms with E-state index in [0.29, 0.717) is 12.8 Å². The minimum atomic E-state index is -5.12. The van der Waals surface area contributed by atoms with E-state index in [4.69, 9.17) is 42.6 Å². The number of hydrogen-bond acceptors (Lipinski definition) is 12. The fraction of sp³-hybridized carbons (Fsp3) is 0.956. The maximum absolute atomic E-state index is 12.7. The van der Waals surface area contributed by atoms with E-state index in [1.165, 1.54) is 51.9 Å². The van der Waals surface area contributed by atoms with Crippen molar-refractivity contribution in [2.24, 2.45) is 5.92 Å². The van der Waals surface area contributed by atoms with Gasteiger partial charge in [-0.15, -0.1) is 0 Å². The molecule has 3 aliphatic rings. The number of alkyl halides is 3. The molecular weight excluding hydrogens is 789 g/mol. The van der Waals surface area contributed by atoms with E-state index >= 15 is 0 Å². The number of ether oxygens (including phenoxy) is 10. The maximum Gasteiger partial charge on any atom is 0.490 e. The molecule has 3 fully saturated rings. The number of carbonyl (C=O) groups is 2. The zero-order valence-electron chi connectivity index (χ0n) is 37.4. The van der Waals surface area contributed by atoms with Gasteiger partial charge in [0.05, 0.1) is 48.6 Å².